The number of alkyl halides is 1. The summed E-state index contributed by atoms with van der Waals surface area (Å²) in [5.41, 5.74) is 3.26. The first-order valence-electron chi connectivity index (χ1n) is 8.35. The molecule has 2 aromatic rings. The molecular formula is C19H20BrClN4O. The molecule has 26 heavy (non-hydrogen) atoms. The lowest BCUT2D eigenvalue weighted by Gasteiger charge is -2.18. The van der Waals surface area contributed by atoms with Crippen LogP contribution in [0.3, 0.4) is 0 Å². The van der Waals surface area contributed by atoms with Gasteiger partial charge in [0.1, 0.15) is 10.8 Å². The summed E-state index contributed by atoms with van der Waals surface area (Å²) in [6.45, 7) is 1.98. The maximum atomic E-state index is 9.65. The summed E-state index contributed by atoms with van der Waals surface area (Å²) in [4.78, 5) is 8.78. The quantitative estimate of drug-likeness (QED) is 0.529. The van der Waals surface area contributed by atoms with Gasteiger partial charge in [0.25, 0.3) is 0 Å². The van der Waals surface area contributed by atoms with Crippen molar-refractivity contribution in [3.63, 3.8) is 0 Å². The van der Waals surface area contributed by atoms with E-state index < -0.39 is 0 Å². The van der Waals surface area contributed by atoms with Crippen LogP contribution in [0.1, 0.15) is 31.4 Å². The van der Waals surface area contributed by atoms with E-state index in [1.165, 1.54) is 5.57 Å². The van der Waals surface area contributed by atoms with Gasteiger partial charge in [0.2, 0.25) is 5.95 Å². The normalized spacial score (nSPS) is 15.0. The fraction of sp³-hybridized carbons (Fsp3) is 0.263. The van der Waals surface area contributed by atoms with Gasteiger partial charge in [0.15, 0.2) is 5.82 Å². The van der Waals surface area contributed by atoms with Gasteiger partial charge in [-0.2, -0.15) is 4.98 Å². The Labute approximate surface area is 166 Å². The van der Waals surface area contributed by atoms with Crippen LogP contribution in [-0.2, 0) is 0 Å². The second-order valence-corrected chi connectivity index (χ2v) is 7.07. The van der Waals surface area contributed by atoms with Crippen molar-refractivity contribution in [1.82, 2.24) is 9.97 Å². The number of hydrogen-bond acceptors (Lipinski definition) is 5. The van der Waals surface area contributed by atoms with Crippen LogP contribution in [0.15, 0.2) is 53.9 Å². The van der Waals surface area contributed by atoms with Gasteiger partial charge < -0.3 is 15.7 Å². The van der Waals surface area contributed by atoms with E-state index in [1.807, 2.05) is 19.1 Å². The smallest absolute Gasteiger partial charge is 0.228 e. The largest absolute Gasteiger partial charge is 0.508 e. The Morgan fingerprint density at radius 3 is 3.00 bits per heavy atom. The van der Waals surface area contributed by atoms with E-state index in [2.05, 4.69) is 48.7 Å². The van der Waals surface area contributed by atoms with Crippen molar-refractivity contribution in [3.05, 3.63) is 64.5 Å². The second-order valence-electron chi connectivity index (χ2n) is 6.10. The number of phenolic OH excluding ortho intramolecular Hbond substituents is 1. The van der Waals surface area contributed by atoms with Gasteiger partial charge in [-0.05, 0) is 49.1 Å². The highest BCUT2D eigenvalue weighted by Crippen LogP contribution is 2.27. The Balaban J connectivity index is 1.75. The first-order chi connectivity index (χ1) is 12.5. The fourth-order valence-corrected chi connectivity index (χ4v) is 3.25. The maximum absolute atomic E-state index is 9.65. The summed E-state index contributed by atoms with van der Waals surface area (Å²) in [6.07, 6.45) is 7.82. The third-order valence-corrected chi connectivity index (χ3v) is 5.00. The first-order valence-corrected chi connectivity index (χ1v) is 9.85. The molecule has 0 amide bonds. The predicted molar refractivity (Wildman–Crippen MR) is 110 cm³/mol. The van der Waals surface area contributed by atoms with Crippen molar-refractivity contribution in [3.8, 4) is 5.75 Å². The Morgan fingerprint density at radius 2 is 2.23 bits per heavy atom. The molecule has 1 heterocycles. The van der Waals surface area contributed by atoms with E-state index in [1.54, 1.807) is 18.3 Å². The Bertz CT molecular complexity index is 853. The fourth-order valence-electron chi connectivity index (χ4n) is 2.71. The molecule has 0 radical (unpaired) electrons. The predicted octanol–water partition coefficient (Wildman–Crippen LogP) is 5.42. The van der Waals surface area contributed by atoms with Gasteiger partial charge in [-0.15, -0.1) is 0 Å². The highest BCUT2D eigenvalue weighted by atomic mass is 79.9. The molecule has 5 nitrogen and oxygen atoms in total. The highest BCUT2D eigenvalue weighted by molar-refractivity contribution is 9.09. The summed E-state index contributed by atoms with van der Waals surface area (Å²) >= 11 is 9.74. The van der Waals surface area contributed by atoms with E-state index in [4.69, 9.17) is 11.6 Å². The number of aromatic nitrogens is 2. The van der Waals surface area contributed by atoms with Crippen LogP contribution in [0.5, 0.6) is 5.75 Å². The van der Waals surface area contributed by atoms with Crippen LogP contribution < -0.4 is 10.6 Å². The summed E-state index contributed by atoms with van der Waals surface area (Å²) in [7, 11) is 0. The van der Waals surface area contributed by atoms with Gasteiger partial charge in [0, 0.05) is 11.0 Å². The maximum Gasteiger partial charge on any atom is 0.228 e. The molecule has 136 valence electrons. The molecule has 3 rings (SSSR count). The topological polar surface area (TPSA) is 70.1 Å². The number of aromatic hydroxyl groups is 1. The standard InChI is InChI=1S/C19H20BrClN4O/c1-12(14-5-3-7-16(26)9-14)23-18-17(21)11-22-19(25-18)24-15-6-2-4-13(8-15)10-20/h3-5,7-9,11-12,26H,2,6,10H2,1H3,(H2,22,23,24,25)/t12-/m0/s1. The van der Waals surface area contributed by atoms with Crippen molar-refractivity contribution in [2.75, 3.05) is 16.0 Å². The third kappa shape index (κ3) is 4.77. The van der Waals surface area contributed by atoms with Crippen LogP contribution in [0.2, 0.25) is 5.02 Å². The molecule has 1 aliphatic carbocycles. The SMILES string of the molecule is C[C@H](Nc1nc(NC2=CC(CBr)=CCC2)ncc1Cl)c1cccc(O)c1. The molecule has 0 saturated heterocycles. The number of benzene rings is 1. The number of nitrogens with one attached hydrogen (secondary N) is 2. The molecule has 0 unspecified atom stereocenters. The number of phenols is 1. The summed E-state index contributed by atoms with van der Waals surface area (Å²) in [6, 6.07) is 7.03. The minimum absolute atomic E-state index is 0.0702. The molecule has 0 spiro atoms. The van der Waals surface area contributed by atoms with Crippen LogP contribution in [0.4, 0.5) is 11.8 Å². The number of halogens is 2. The number of hydrogen-bond donors (Lipinski definition) is 3. The molecule has 0 saturated carbocycles. The minimum atomic E-state index is -0.0702. The monoisotopic (exact) mass is 434 g/mol. The van der Waals surface area contributed by atoms with Gasteiger partial charge in [-0.25, -0.2) is 4.98 Å². The van der Waals surface area contributed by atoms with E-state index >= 15 is 0 Å². The van der Waals surface area contributed by atoms with Crippen molar-refractivity contribution in [2.45, 2.75) is 25.8 Å². The average Bonchev–Trinajstić information content (AvgIpc) is 2.64. The zero-order valence-electron chi connectivity index (χ0n) is 14.3. The van der Waals surface area contributed by atoms with Crippen LogP contribution in [0.25, 0.3) is 0 Å². The zero-order valence-corrected chi connectivity index (χ0v) is 16.7. The lowest BCUT2D eigenvalue weighted by molar-refractivity contribution is 0.474. The van der Waals surface area contributed by atoms with Crippen molar-refractivity contribution in [1.29, 1.82) is 0 Å². The van der Waals surface area contributed by atoms with Crippen molar-refractivity contribution < 1.29 is 5.11 Å². The van der Waals surface area contributed by atoms with Crippen LogP contribution in [0, 0.1) is 0 Å². The Kier molecular flexibility index (Phi) is 6.16. The van der Waals surface area contributed by atoms with Gasteiger partial charge >= 0.3 is 0 Å². The highest BCUT2D eigenvalue weighted by Gasteiger charge is 2.12. The zero-order chi connectivity index (χ0) is 18.5. The molecule has 0 aliphatic heterocycles. The second kappa shape index (κ2) is 8.56. The summed E-state index contributed by atoms with van der Waals surface area (Å²) < 4.78 is 0. The minimum Gasteiger partial charge on any atom is -0.508 e. The van der Waals surface area contributed by atoms with E-state index in [0.717, 1.165) is 29.4 Å². The molecule has 7 heteroatoms. The van der Waals surface area contributed by atoms with Crippen LogP contribution >= 0.6 is 27.5 Å². The van der Waals surface area contributed by atoms with Crippen LogP contribution in [-0.4, -0.2) is 20.4 Å². The Morgan fingerprint density at radius 1 is 1.38 bits per heavy atom. The van der Waals surface area contributed by atoms with Gasteiger partial charge in [0.05, 0.1) is 12.2 Å². The molecule has 0 bridgehead atoms. The summed E-state index contributed by atoms with van der Waals surface area (Å²) in [5.74, 6) is 1.28. The van der Waals surface area contributed by atoms with E-state index in [9.17, 15) is 5.11 Å². The number of rotatable bonds is 6. The molecule has 1 aromatic heterocycles. The lowest BCUT2D eigenvalue weighted by Crippen LogP contribution is -2.11. The van der Waals surface area contributed by atoms with E-state index in [-0.39, 0.29) is 11.8 Å². The van der Waals surface area contributed by atoms with Crippen molar-refractivity contribution in [2.24, 2.45) is 0 Å². The molecular weight excluding hydrogens is 416 g/mol. The number of nitrogens with zero attached hydrogens (tertiary/aromatic N) is 2. The first kappa shape index (κ1) is 18.7. The van der Waals surface area contributed by atoms with E-state index in [0.29, 0.717) is 16.8 Å². The Hall–Kier alpha value is -2.05. The molecule has 3 N–H and O–H groups in total. The van der Waals surface area contributed by atoms with Gasteiger partial charge in [-0.1, -0.05) is 45.7 Å². The number of allylic oxidation sites excluding steroid dienone is 4. The molecule has 1 aliphatic rings. The summed E-state index contributed by atoms with van der Waals surface area (Å²) in [5, 5.41) is 17.5. The molecule has 1 atom stereocenters. The third-order valence-electron chi connectivity index (χ3n) is 4.07. The van der Waals surface area contributed by atoms with Gasteiger partial charge in [-0.3, -0.25) is 0 Å². The lowest BCUT2D eigenvalue weighted by atomic mass is 10.1. The molecule has 0 fully saturated rings. The van der Waals surface area contributed by atoms with Crippen molar-refractivity contribution >= 4 is 39.3 Å². The number of anilines is 2. The average molecular weight is 436 g/mol. The molecule has 1 aromatic carbocycles.